The van der Waals surface area contributed by atoms with Gasteiger partial charge in [0.25, 0.3) is 0 Å². The largest absolute Gasteiger partial charge is 0.313 e. The molecule has 0 amide bonds. The minimum atomic E-state index is 0.796. The Morgan fingerprint density at radius 2 is 1.68 bits per heavy atom. The minimum Gasteiger partial charge on any atom is -0.313 e. The molecule has 2 fully saturated rings. The third-order valence-corrected chi connectivity index (χ3v) is 4.80. The SMILES string of the molecule is CCCN1CCN(CCNC2CCCC(C)C2)CC1. The topological polar surface area (TPSA) is 18.5 Å². The van der Waals surface area contributed by atoms with Gasteiger partial charge in [0, 0.05) is 45.3 Å². The van der Waals surface area contributed by atoms with E-state index >= 15 is 0 Å². The average molecular weight is 267 g/mol. The fourth-order valence-corrected chi connectivity index (χ4v) is 3.60. The first kappa shape index (κ1) is 15.3. The van der Waals surface area contributed by atoms with Crippen molar-refractivity contribution in [1.82, 2.24) is 15.1 Å². The first-order valence-corrected chi connectivity index (χ1v) is 8.46. The van der Waals surface area contributed by atoms with Crippen LogP contribution in [-0.4, -0.2) is 61.7 Å². The number of nitrogens with zero attached hydrogens (tertiary/aromatic N) is 2. The van der Waals surface area contributed by atoms with E-state index in [1.165, 1.54) is 77.9 Å². The molecule has 2 aliphatic rings. The Morgan fingerprint density at radius 1 is 1.00 bits per heavy atom. The normalized spacial score (nSPS) is 30.6. The molecule has 1 saturated carbocycles. The van der Waals surface area contributed by atoms with Crippen molar-refractivity contribution in [2.24, 2.45) is 5.92 Å². The lowest BCUT2D eigenvalue weighted by Gasteiger charge is -2.35. The Bertz CT molecular complexity index is 236. The Morgan fingerprint density at radius 3 is 2.32 bits per heavy atom. The van der Waals surface area contributed by atoms with E-state index in [-0.39, 0.29) is 0 Å². The highest BCUT2D eigenvalue weighted by atomic mass is 15.3. The van der Waals surface area contributed by atoms with Gasteiger partial charge in [-0.25, -0.2) is 0 Å². The molecule has 2 rings (SSSR count). The van der Waals surface area contributed by atoms with E-state index in [4.69, 9.17) is 0 Å². The van der Waals surface area contributed by atoms with Crippen molar-refractivity contribution < 1.29 is 0 Å². The van der Waals surface area contributed by atoms with E-state index in [9.17, 15) is 0 Å². The Balaban J connectivity index is 1.54. The molecule has 3 heteroatoms. The highest BCUT2D eigenvalue weighted by Crippen LogP contribution is 2.23. The molecule has 1 heterocycles. The molecule has 1 saturated heterocycles. The van der Waals surface area contributed by atoms with Crippen LogP contribution in [0.3, 0.4) is 0 Å². The van der Waals surface area contributed by atoms with Gasteiger partial charge < -0.3 is 10.2 Å². The molecular formula is C16H33N3. The van der Waals surface area contributed by atoms with Crippen molar-refractivity contribution in [3.8, 4) is 0 Å². The number of rotatable bonds is 6. The second kappa shape index (κ2) is 8.23. The van der Waals surface area contributed by atoms with Crippen LogP contribution in [0.4, 0.5) is 0 Å². The highest BCUT2D eigenvalue weighted by molar-refractivity contribution is 4.77. The average Bonchev–Trinajstić information content (AvgIpc) is 2.41. The van der Waals surface area contributed by atoms with Crippen LogP contribution in [0.25, 0.3) is 0 Å². The molecule has 0 aromatic rings. The second-order valence-corrected chi connectivity index (χ2v) is 6.61. The first-order chi connectivity index (χ1) is 9.28. The van der Waals surface area contributed by atoms with Gasteiger partial charge in [-0.1, -0.05) is 26.7 Å². The molecular weight excluding hydrogens is 234 g/mol. The zero-order valence-corrected chi connectivity index (χ0v) is 13.0. The lowest BCUT2D eigenvalue weighted by Crippen LogP contribution is -2.49. The summed E-state index contributed by atoms with van der Waals surface area (Å²) in [6.45, 7) is 13.5. The van der Waals surface area contributed by atoms with Gasteiger partial charge in [0.1, 0.15) is 0 Å². The summed E-state index contributed by atoms with van der Waals surface area (Å²) in [7, 11) is 0. The molecule has 2 atom stereocenters. The second-order valence-electron chi connectivity index (χ2n) is 6.61. The molecule has 3 nitrogen and oxygen atoms in total. The zero-order chi connectivity index (χ0) is 13.5. The summed E-state index contributed by atoms with van der Waals surface area (Å²) in [6.07, 6.45) is 6.95. The molecule has 1 N–H and O–H groups in total. The smallest absolute Gasteiger partial charge is 0.0110 e. The van der Waals surface area contributed by atoms with Gasteiger partial charge >= 0.3 is 0 Å². The maximum Gasteiger partial charge on any atom is 0.0110 e. The predicted octanol–water partition coefficient (Wildman–Crippen LogP) is 2.18. The number of hydrogen-bond acceptors (Lipinski definition) is 3. The van der Waals surface area contributed by atoms with Crippen LogP contribution in [0.1, 0.15) is 46.0 Å². The molecule has 112 valence electrons. The molecule has 0 spiro atoms. The third-order valence-electron chi connectivity index (χ3n) is 4.80. The monoisotopic (exact) mass is 267 g/mol. The van der Waals surface area contributed by atoms with Crippen LogP contribution in [0.5, 0.6) is 0 Å². The van der Waals surface area contributed by atoms with Gasteiger partial charge in [-0.2, -0.15) is 0 Å². The van der Waals surface area contributed by atoms with Crippen LogP contribution in [0.15, 0.2) is 0 Å². The summed E-state index contributed by atoms with van der Waals surface area (Å²) in [6, 6.07) is 0.796. The molecule has 0 aromatic heterocycles. The summed E-state index contributed by atoms with van der Waals surface area (Å²) in [5.41, 5.74) is 0. The molecule has 1 aliphatic carbocycles. The third kappa shape index (κ3) is 5.41. The Kier molecular flexibility index (Phi) is 6.62. The number of nitrogens with one attached hydrogen (secondary N) is 1. The van der Waals surface area contributed by atoms with Crippen LogP contribution >= 0.6 is 0 Å². The van der Waals surface area contributed by atoms with Crippen LogP contribution in [-0.2, 0) is 0 Å². The van der Waals surface area contributed by atoms with Crippen LogP contribution in [0.2, 0.25) is 0 Å². The zero-order valence-electron chi connectivity index (χ0n) is 13.0. The molecule has 2 unspecified atom stereocenters. The van der Waals surface area contributed by atoms with Gasteiger partial charge in [-0.15, -0.1) is 0 Å². The van der Waals surface area contributed by atoms with Crippen LogP contribution in [0, 0.1) is 5.92 Å². The number of hydrogen-bond donors (Lipinski definition) is 1. The van der Waals surface area contributed by atoms with Crippen molar-refractivity contribution in [2.75, 3.05) is 45.8 Å². The quantitative estimate of drug-likeness (QED) is 0.796. The molecule has 19 heavy (non-hydrogen) atoms. The summed E-state index contributed by atoms with van der Waals surface area (Å²) in [5.74, 6) is 0.934. The van der Waals surface area contributed by atoms with Gasteiger partial charge in [0.15, 0.2) is 0 Å². The molecule has 1 aliphatic heterocycles. The van der Waals surface area contributed by atoms with E-state index in [2.05, 4.69) is 29.0 Å². The Labute approximate surface area is 119 Å². The summed E-state index contributed by atoms with van der Waals surface area (Å²) < 4.78 is 0. The maximum atomic E-state index is 3.78. The van der Waals surface area contributed by atoms with Crippen molar-refractivity contribution >= 4 is 0 Å². The summed E-state index contributed by atoms with van der Waals surface area (Å²) in [4.78, 5) is 5.23. The van der Waals surface area contributed by atoms with Crippen molar-refractivity contribution in [3.63, 3.8) is 0 Å². The number of piperazine rings is 1. The molecule has 0 bridgehead atoms. The fourth-order valence-electron chi connectivity index (χ4n) is 3.60. The minimum absolute atomic E-state index is 0.796. The van der Waals surface area contributed by atoms with E-state index in [0.717, 1.165) is 12.0 Å². The van der Waals surface area contributed by atoms with Crippen molar-refractivity contribution in [1.29, 1.82) is 0 Å². The fraction of sp³-hybridized carbons (Fsp3) is 1.00. The molecule has 0 radical (unpaired) electrons. The summed E-state index contributed by atoms with van der Waals surface area (Å²) in [5, 5.41) is 3.78. The van der Waals surface area contributed by atoms with E-state index in [0.29, 0.717) is 0 Å². The lowest BCUT2D eigenvalue weighted by atomic mass is 9.87. The van der Waals surface area contributed by atoms with E-state index < -0.39 is 0 Å². The van der Waals surface area contributed by atoms with Gasteiger partial charge in [-0.05, 0) is 31.7 Å². The van der Waals surface area contributed by atoms with Crippen molar-refractivity contribution in [3.05, 3.63) is 0 Å². The van der Waals surface area contributed by atoms with Crippen molar-refractivity contribution in [2.45, 2.75) is 52.0 Å². The van der Waals surface area contributed by atoms with Gasteiger partial charge in [-0.3, -0.25) is 4.90 Å². The maximum absolute atomic E-state index is 3.78. The standard InChI is InChI=1S/C16H33N3/c1-3-8-18-10-12-19(13-11-18)9-7-17-16-6-4-5-15(2)14-16/h15-17H,3-14H2,1-2H3. The first-order valence-electron chi connectivity index (χ1n) is 8.46. The lowest BCUT2D eigenvalue weighted by molar-refractivity contribution is 0.131. The van der Waals surface area contributed by atoms with E-state index in [1.807, 2.05) is 0 Å². The highest BCUT2D eigenvalue weighted by Gasteiger charge is 2.19. The molecule has 0 aromatic carbocycles. The van der Waals surface area contributed by atoms with Gasteiger partial charge in [0.05, 0.1) is 0 Å². The van der Waals surface area contributed by atoms with Crippen LogP contribution < -0.4 is 5.32 Å². The predicted molar refractivity (Wildman–Crippen MR) is 82.6 cm³/mol. The summed E-state index contributed by atoms with van der Waals surface area (Å²) >= 11 is 0. The van der Waals surface area contributed by atoms with E-state index in [1.54, 1.807) is 0 Å². The van der Waals surface area contributed by atoms with Gasteiger partial charge in [0.2, 0.25) is 0 Å². The Hall–Kier alpha value is -0.120.